The second-order valence-electron chi connectivity index (χ2n) is 3.47. The minimum Gasteiger partial charge on any atom is -0.493 e. The molecule has 1 nitrogen and oxygen atoms in total. The second kappa shape index (κ2) is 5.07. The first-order chi connectivity index (χ1) is 8.09. The lowest BCUT2D eigenvalue weighted by molar-refractivity contribution is -0.139. The molecular formula is C9H7BF7O-. The van der Waals surface area contributed by atoms with Crippen LogP contribution >= 0.6 is 0 Å². The molecule has 0 atom stereocenters. The summed E-state index contributed by atoms with van der Waals surface area (Å²) in [5.74, 6) is -1.94. The standard InChI is InChI=1S/C9H7BF7O/c11-8-5-6(18-4-3-9(12,13)14)1-2-7(8)10(15,16)17/h1-2,5H,3-4H2/q-1. The van der Waals surface area contributed by atoms with E-state index >= 15 is 0 Å². The fraction of sp³-hybridized carbons (Fsp3) is 0.333. The molecule has 102 valence electrons. The van der Waals surface area contributed by atoms with Crippen LogP contribution < -0.4 is 10.2 Å². The molecule has 1 aromatic carbocycles. The molecule has 0 saturated heterocycles. The van der Waals surface area contributed by atoms with E-state index in [1.54, 1.807) is 0 Å². The van der Waals surface area contributed by atoms with Crippen LogP contribution in [0.25, 0.3) is 0 Å². The highest BCUT2D eigenvalue weighted by Gasteiger charge is 2.29. The largest absolute Gasteiger partial charge is 0.512 e. The van der Waals surface area contributed by atoms with Crippen molar-refractivity contribution in [3.05, 3.63) is 24.0 Å². The van der Waals surface area contributed by atoms with Crippen molar-refractivity contribution in [1.29, 1.82) is 0 Å². The van der Waals surface area contributed by atoms with Crippen LogP contribution in [0.1, 0.15) is 6.42 Å². The average molecular weight is 275 g/mol. The molecule has 0 aliphatic rings. The van der Waals surface area contributed by atoms with E-state index in [0.29, 0.717) is 12.1 Å². The van der Waals surface area contributed by atoms with Gasteiger partial charge in [0.25, 0.3) is 0 Å². The summed E-state index contributed by atoms with van der Waals surface area (Å²) in [6, 6.07) is 1.64. The third-order valence-corrected chi connectivity index (χ3v) is 1.98. The lowest BCUT2D eigenvalue weighted by atomic mass is 9.80. The van der Waals surface area contributed by atoms with Gasteiger partial charge in [-0.05, 0) is 6.07 Å². The number of alkyl halides is 3. The molecule has 1 aromatic rings. The lowest BCUT2D eigenvalue weighted by Crippen LogP contribution is -2.36. The molecule has 1 rings (SSSR count). The summed E-state index contributed by atoms with van der Waals surface area (Å²) in [5, 5.41) is 0. The van der Waals surface area contributed by atoms with Gasteiger partial charge in [0, 0.05) is 6.07 Å². The fourth-order valence-corrected chi connectivity index (χ4v) is 1.15. The Balaban J connectivity index is 2.68. The number of ether oxygens (including phenoxy) is 1. The molecule has 9 heteroatoms. The van der Waals surface area contributed by atoms with Crippen molar-refractivity contribution in [2.75, 3.05) is 6.61 Å². The Morgan fingerprint density at radius 2 is 1.72 bits per heavy atom. The van der Waals surface area contributed by atoms with E-state index in [2.05, 4.69) is 4.74 Å². The van der Waals surface area contributed by atoms with Crippen molar-refractivity contribution in [3.8, 4) is 5.75 Å². The van der Waals surface area contributed by atoms with E-state index < -0.39 is 37.5 Å². The normalized spacial score (nSPS) is 12.6. The van der Waals surface area contributed by atoms with Gasteiger partial charge in [0.05, 0.1) is 18.8 Å². The first kappa shape index (κ1) is 14.7. The Kier molecular flexibility index (Phi) is 4.13. The van der Waals surface area contributed by atoms with Gasteiger partial charge in [0.15, 0.2) is 0 Å². The summed E-state index contributed by atoms with van der Waals surface area (Å²) in [7, 11) is 0. The second-order valence-corrected chi connectivity index (χ2v) is 3.47. The van der Waals surface area contributed by atoms with Crippen molar-refractivity contribution in [2.45, 2.75) is 12.6 Å². The van der Waals surface area contributed by atoms with Gasteiger partial charge in [-0.25, -0.2) is 4.39 Å². The van der Waals surface area contributed by atoms with Gasteiger partial charge in [-0.1, -0.05) is 11.5 Å². The molecule has 18 heavy (non-hydrogen) atoms. The molecule has 0 fully saturated rings. The summed E-state index contributed by atoms with van der Waals surface area (Å²) in [6.45, 7) is -6.27. The maximum Gasteiger partial charge on any atom is 0.512 e. The van der Waals surface area contributed by atoms with Gasteiger partial charge >= 0.3 is 13.2 Å². The first-order valence-electron chi connectivity index (χ1n) is 4.78. The summed E-state index contributed by atoms with van der Waals surface area (Å²) in [6.07, 6.45) is -5.70. The molecule has 0 saturated carbocycles. The smallest absolute Gasteiger partial charge is 0.493 e. The van der Waals surface area contributed by atoms with E-state index in [0.717, 1.165) is 6.07 Å². The van der Waals surface area contributed by atoms with E-state index in [4.69, 9.17) is 0 Å². The van der Waals surface area contributed by atoms with Gasteiger partial charge in [0.2, 0.25) is 0 Å². The van der Waals surface area contributed by atoms with Crippen LogP contribution in [0.15, 0.2) is 18.2 Å². The summed E-state index contributed by atoms with van der Waals surface area (Å²) in [5.41, 5.74) is -1.43. The van der Waals surface area contributed by atoms with Crippen LogP contribution in [-0.2, 0) is 0 Å². The van der Waals surface area contributed by atoms with Crippen LogP contribution in [0, 0.1) is 5.82 Å². The lowest BCUT2D eigenvalue weighted by Gasteiger charge is -2.16. The van der Waals surface area contributed by atoms with Crippen molar-refractivity contribution >= 4 is 12.4 Å². The minimum atomic E-state index is -5.49. The maximum atomic E-state index is 13.0. The third-order valence-electron chi connectivity index (χ3n) is 1.98. The molecule has 0 heterocycles. The van der Waals surface area contributed by atoms with Crippen molar-refractivity contribution < 1.29 is 35.2 Å². The van der Waals surface area contributed by atoms with Crippen molar-refractivity contribution in [2.24, 2.45) is 0 Å². The van der Waals surface area contributed by atoms with Crippen LogP contribution in [0.2, 0.25) is 0 Å². The minimum absolute atomic E-state index is 0.374. The molecular weight excluding hydrogens is 268 g/mol. The Morgan fingerprint density at radius 1 is 1.11 bits per heavy atom. The van der Waals surface area contributed by atoms with Gasteiger partial charge < -0.3 is 17.7 Å². The fourth-order valence-electron chi connectivity index (χ4n) is 1.15. The molecule has 0 spiro atoms. The van der Waals surface area contributed by atoms with E-state index in [1.165, 1.54) is 0 Å². The predicted octanol–water partition coefficient (Wildman–Crippen LogP) is 3.21. The van der Waals surface area contributed by atoms with Crippen LogP contribution in [0.4, 0.5) is 30.5 Å². The monoisotopic (exact) mass is 275 g/mol. The predicted molar refractivity (Wildman–Crippen MR) is 51.3 cm³/mol. The molecule has 0 aromatic heterocycles. The molecule has 0 radical (unpaired) electrons. The van der Waals surface area contributed by atoms with Crippen molar-refractivity contribution in [1.82, 2.24) is 0 Å². The van der Waals surface area contributed by atoms with E-state index in [9.17, 15) is 30.5 Å². The summed E-state index contributed by atoms with van der Waals surface area (Å²) >= 11 is 0. The van der Waals surface area contributed by atoms with Crippen molar-refractivity contribution in [3.63, 3.8) is 0 Å². The number of hydrogen-bond acceptors (Lipinski definition) is 1. The highest BCUT2D eigenvalue weighted by molar-refractivity contribution is 6.73. The van der Waals surface area contributed by atoms with Gasteiger partial charge in [-0.15, -0.1) is 0 Å². The Morgan fingerprint density at radius 3 is 2.17 bits per heavy atom. The summed E-state index contributed by atoms with van der Waals surface area (Å²) < 4.78 is 89.4. The topological polar surface area (TPSA) is 9.23 Å². The Hall–Kier alpha value is -1.41. The molecule has 0 N–H and O–H groups in total. The van der Waals surface area contributed by atoms with Crippen LogP contribution in [-0.4, -0.2) is 19.8 Å². The highest BCUT2D eigenvalue weighted by Crippen LogP contribution is 2.21. The molecule has 0 aliphatic carbocycles. The first-order valence-corrected chi connectivity index (χ1v) is 4.78. The van der Waals surface area contributed by atoms with Crippen LogP contribution in [0.5, 0.6) is 5.75 Å². The SMILES string of the molecule is Fc1cc(OCCC(F)(F)F)ccc1[B-](F)(F)F. The Labute approximate surface area is 97.6 Å². The van der Waals surface area contributed by atoms with Gasteiger partial charge in [-0.3, -0.25) is 0 Å². The van der Waals surface area contributed by atoms with Gasteiger partial charge in [0.1, 0.15) is 5.75 Å². The van der Waals surface area contributed by atoms with E-state index in [-0.39, 0.29) is 5.75 Å². The Bertz CT molecular complexity index is 412. The zero-order valence-electron chi connectivity index (χ0n) is 8.78. The molecule has 0 aliphatic heterocycles. The average Bonchev–Trinajstić information content (AvgIpc) is 2.13. The summed E-state index contributed by atoms with van der Waals surface area (Å²) in [4.78, 5) is 0. The zero-order valence-corrected chi connectivity index (χ0v) is 8.78. The quantitative estimate of drug-likeness (QED) is 0.605. The number of rotatable bonds is 4. The third kappa shape index (κ3) is 4.46. The van der Waals surface area contributed by atoms with Crippen LogP contribution in [0.3, 0.4) is 0 Å². The zero-order chi connectivity index (χ0) is 14.0. The maximum absolute atomic E-state index is 13.0. The highest BCUT2D eigenvalue weighted by atomic mass is 19.4. The van der Waals surface area contributed by atoms with Gasteiger partial charge in [-0.2, -0.15) is 13.2 Å². The molecule has 0 unspecified atom stereocenters. The number of benzene rings is 1. The van der Waals surface area contributed by atoms with E-state index in [1.807, 2.05) is 0 Å². The number of halogens is 7. The molecule has 0 amide bonds. The molecule has 0 bridgehead atoms. The number of hydrogen-bond donors (Lipinski definition) is 0.